The molecule has 0 unspecified atom stereocenters. The van der Waals surface area contributed by atoms with Crippen LogP contribution in [0.3, 0.4) is 0 Å². The lowest BCUT2D eigenvalue weighted by atomic mass is 10.2. The smallest absolute Gasteiger partial charge is 0.172 e. The van der Waals surface area contributed by atoms with Crippen LogP contribution in [0.4, 0.5) is 10.2 Å². The molecule has 0 aliphatic heterocycles. The van der Waals surface area contributed by atoms with Gasteiger partial charge in [-0.3, -0.25) is 4.68 Å². The molecule has 2 N–H and O–H groups in total. The highest BCUT2D eigenvalue weighted by Gasteiger charge is 2.09. The van der Waals surface area contributed by atoms with Crippen LogP contribution in [0.15, 0.2) is 34.9 Å². The van der Waals surface area contributed by atoms with Crippen LogP contribution in [0, 0.1) is 5.82 Å². The Balaban J connectivity index is 2.11. The normalized spacial score (nSPS) is 10.3. The van der Waals surface area contributed by atoms with Crippen molar-refractivity contribution in [2.45, 2.75) is 13.5 Å². The Labute approximate surface area is 130 Å². The third kappa shape index (κ3) is 3.77. The van der Waals surface area contributed by atoms with Crippen LogP contribution >= 0.6 is 28.1 Å². The van der Waals surface area contributed by atoms with E-state index in [0.717, 1.165) is 11.0 Å². The molecule has 1 heterocycles. The van der Waals surface area contributed by atoms with Gasteiger partial charge in [0, 0.05) is 18.3 Å². The van der Waals surface area contributed by atoms with E-state index in [9.17, 15) is 4.39 Å². The van der Waals surface area contributed by atoms with Gasteiger partial charge in [-0.2, -0.15) is 5.10 Å². The van der Waals surface area contributed by atoms with Gasteiger partial charge in [-0.25, -0.2) is 4.39 Å². The molecule has 4 nitrogen and oxygen atoms in total. The van der Waals surface area contributed by atoms with E-state index in [0.29, 0.717) is 23.0 Å². The molecular weight excluding hydrogens is 343 g/mol. The van der Waals surface area contributed by atoms with Gasteiger partial charge in [-0.15, -0.1) is 0 Å². The molecule has 0 radical (unpaired) electrons. The Kier molecular flexibility index (Phi) is 5.08. The van der Waals surface area contributed by atoms with Gasteiger partial charge in [0.05, 0.1) is 11.0 Å². The van der Waals surface area contributed by atoms with Crippen LogP contribution in [-0.2, 0) is 6.54 Å². The molecule has 0 aliphatic rings. The van der Waals surface area contributed by atoms with E-state index >= 15 is 0 Å². The minimum Gasteiger partial charge on any atom is -0.363 e. The van der Waals surface area contributed by atoms with Gasteiger partial charge in [-0.1, -0.05) is 18.2 Å². The predicted octanol–water partition coefficient (Wildman–Crippen LogP) is 3.14. The second-order valence-corrected chi connectivity index (χ2v) is 5.36. The van der Waals surface area contributed by atoms with Crippen LogP contribution < -0.4 is 10.6 Å². The summed E-state index contributed by atoms with van der Waals surface area (Å²) >= 11 is 8.50. The number of rotatable bonds is 4. The highest BCUT2D eigenvalue weighted by molar-refractivity contribution is 9.10. The Hall–Kier alpha value is -1.47. The minimum atomic E-state index is -0.239. The zero-order chi connectivity index (χ0) is 14.5. The van der Waals surface area contributed by atoms with Crippen molar-refractivity contribution in [1.29, 1.82) is 0 Å². The maximum Gasteiger partial charge on any atom is 0.172 e. The lowest BCUT2D eigenvalue weighted by molar-refractivity contribution is 0.585. The largest absolute Gasteiger partial charge is 0.363 e. The first kappa shape index (κ1) is 14.9. The standard InChI is InChI=1S/C13H14BrFN4S/c1-2-16-13(20)17-12-10(14)8-19(18-12)7-9-5-3-4-6-11(9)15/h3-6,8H,2,7H2,1H3,(H2,16,17,18,20). The van der Waals surface area contributed by atoms with Crippen LogP contribution in [0.5, 0.6) is 0 Å². The zero-order valence-electron chi connectivity index (χ0n) is 10.9. The second kappa shape index (κ2) is 6.81. The quantitative estimate of drug-likeness (QED) is 0.825. The zero-order valence-corrected chi connectivity index (χ0v) is 13.3. The van der Waals surface area contributed by atoms with Crippen LogP contribution in [-0.4, -0.2) is 21.4 Å². The molecule has 0 bridgehead atoms. The minimum absolute atomic E-state index is 0.239. The molecule has 0 aliphatic carbocycles. The highest BCUT2D eigenvalue weighted by Crippen LogP contribution is 2.21. The number of thiocarbonyl (C=S) groups is 1. The van der Waals surface area contributed by atoms with E-state index in [1.54, 1.807) is 29.1 Å². The van der Waals surface area contributed by atoms with Gasteiger partial charge in [0.1, 0.15) is 5.82 Å². The molecule has 0 atom stereocenters. The van der Waals surface area contributed by atoms with E-state index < -0.39 is 0 Å². The monoisotopic (exact) mass is 356 g/mol. The van der Waals surface area contributed by atoms with Gasteiger partial charge in [0.15, 0.2) is 10.9 Å². The van der Waals surface area contributed by atoms with Crippen molar-refractivity contribution in [3.05, 3.63) is 46.3 Å². The predicted molar refractivity (Wildman–Crippen MR) is 85.3 cm³/mol. The van der Waals surface area contributed by atoms with Crippen molar-refractivity contribution in [3.8, 4) is 0 Å². The van der Waals surface area contributed by atoms with Crippen molar-refractivity contribution >= 4 is 39.1 Å². The Morgan fingerprint density at radius 1 is 1.45 bits per heavy atom. The van der Waals surface area contributed by atoms with E-state index in [1.165, 1.54) is 6.07 Å². The molecule has 2 aromatic rings. The lowest BCUT2D eigenvalue weighted by Crippen LogP contribution is -2.28. The summed E-state index contributed by atoms with van der Waals surface area (Å²) in [5.74, 6) is 0.365. The first-order valence-corrected chi connectivity index (χ1v) is 7.31. The van der Waals surface area contributed by atoms with Crippen LogP contribution in [0.1, 0.15) is 12.5 Å². The average molecular weight is 357 g/mol. The molecule has 0 amide bonds. The van der Waals surface area contributed by atoms with Gasteiger partial charge in [-0.05, 0) is 41.1 Å². The summed E-state index contributed by atoms with van der Waals surface area (Å²) in [5, 5.41) is 10.8. The SMILES string of the molecule is CCNC(=S)Nc1nn(Cc2ccccc2F)cc1Br. The topological polar surface area (TPSA) is 41.9 Å². The number of hydrogen-bond donors (Lipinski definition) is 2. The summed E-state index contributed by atoms with van der Waals surface area (Å²) in [6.07, 6.45) is 1.78. The number of nitrogens with one attached hydrogen (secondary N) is 2. The fourth-order valence-electron chi connectivity index (χ4n) is 1.68. The second-order valence-electron chi connectivity index (χ2n) is 4.10. The molecular formula is C13H14BrFN4S. The third-order valence-electron chi connectivity index (χ3n) is 2.58. The summed E-state index contributed by atoms with van der Waals surface area (Å²) < 4.78 is 16.0. The number of benzene rings is 1. The fraction of sp³-hybridized carbons (Fsp3) is 0.231. The summed E-state index contributed by atoms with van der Waals surface area (Å²) in [6.45, 7) is 3.06. The molecule has 106 valence electrons. The molecule has 0 saturated heterocycles. The third-order valence-corrected chi connectivity index (χ3v) is 3.40. The van der Waals surface area contributed by atoms with Gasteiger partial charge >= 0.3 is 0 Å². The van der Waals surface area contributed by atoms with Crippen molar-refractivity contribution in [2.24, 2.45) is 0 Å². The Morgan fingerprint density at radius 3 is 2.90 bits per heavy atom. The molecule has 0 saturated carbocycles. The maximum absolute atomic E-state index is 13.6. The lowest BCUT2D eigenvalue weighted by Gasteiger charge is -2.06. The first-order chi connectivity index (χ1) is 9.60. The first-order valence-electron chi connectivity index (χ1n) is 6.11. The molecule has 2 rings (SSSR count). The molecule has 20 heavy (non-hydrogen) atoms. The summed E-state index contributed by atoms with van der Waals surface area (Å²) in [5.41, 5.74) is 0.586. The Bertz CT molecular complexity index is 614. The van der Waals surface area contributed by atoms with Crippen molar-refractivity contribution in [1.82, 2.24) is 15.1 Å². The fourth-order valence-corrected chi connectivity index (χ4v) is 2.33. The average Bonchev–Trinajstić information content (AvgIpc) is 2.73. The van der Waals surface area contributed by atoms with Gasteiger partial charge < -0.3 is 10.6 Å². The van der Waals surface area contributed by atoms with Crippen molar-refractivity contribution in [3.63, 3.8) is 0 Å². The van der Waals surface area contributed by atoms with Crippen molar-refractivity contribution < 1.29 is 4.39 Å². The number of halogens is 2. The van der Waals surface area contributed by atoms with Gasteiger partial charge in [0.25, 0.3) is 0 Å². The highest BCUT2D eigenvalue weighted by atomic mass is 79.9. The number of hydrogen-bond acceptors (Lipinski definition) is 2. The maximum atomic E-state index is 13.6. The molecule has 0 spiro atoms. The van der Waals surface area contributed by atoms with Crippen molar-refractivity contribution in [2.75, 3.05) is 11.9 Å². The van der Waals surface area contributed by atoms with Crippen LogP contribution in [0.2, 0.25) is 0 Å². The van der Waals surface area contributed by atoms with E-state index in [-0.39, 0.29) is 5.82 Å². The summed E-state index contributed by atoms with van der Waals surface area (Å²) in [4.78, 5) is 0. The van der Waals surface area contributed by atoms with Gasteiger partial charge in [0.2, 0.25) is 0 Å². The van der Waals surface area contributed by atoms with E-state index in [2.05, 4.69) is 31.7 Å². The number of aromatic nitrogens is 2. The molecule has 1 aromatic carbocycles. The van der Waals surface area contributed by atoms with E-state index in [4.69, 9.17) is 12.2 Å². The number of nitrogens with zero attached hydrogens (tertiary/aromatic N) is 2. The molecule has 7 heteroatoms. The van der Waals surface area contributed by atoms with Crippen LogP contribution in [0.25, 0.3) is 0 Å². The van der Waals surface area contributed by atoms with E-state index in [1.807, 2.05) is 6.92 Å². The summed E-state index contributed by atoms with van der Waals surface area (Å²) in [6, 6.07) is 6.64. The Morgan fingerprint density at radius 2 is 2.20 bits per heavy atom. The number of anilines is 1. The summed E-state index contributed by atoms with van der Waals surface area (Å²) in [7, 11) is 0. The molecule has 0 fully saturated rings. The molecule has 1 aromatic heterocycles.